The van der Waals surface area contributed by atoms with E-state index >= 15 is 0 Å². The second kappa shape index (κ2) is 6.34. The number of thioether (sulfide) groups is 1. The molecule has 0 radical (unpaired) electrons. The number of nitrogen functional groups attached to an aromatic ring is 1. The molecule has 0 aliphatic carbocycles. The van der Waals surface area contributed by atoms with E-state index in [2.05, 4.69) is 0 Å². The third-order valence-electron chi connectivity index (χ3n) is 2.79. The van der Waals surface area contributed by atoms with Gasteiger partial charge in [0.1, 0.15) is 11.0 Å². The molecule has 20 heavy (non-hydrogen) atoms. The Labute approximate surface area is 121 Å². The van der Waals surface area contributed by atoms with Crippen molar-refractivity contribution < 1.29 is 14.6 Å². The Morgan fingerprint density at radius 3 is 2.55 bits per heavy atom. The first-order valence-electron chi connectivity index (χ1n) is 5.99. The van der Waals surface area contributed by atoms with Gasteiger partial charge >= 0.3 is 5.97 Å². The first kappa shape index (κ1) is 14.3. The molecule has 1 atom stereocenters. The monoisotopic (exact) mass is 289 g/mol. The third-order valence-corrected chi connectivity index (χ3v) is 4.11. The lowest BCUT2D eigenvalue weighted by Gasteiger charge is -2.14. The Morgan fingerprint density at radius 2 is 1.95 bits per heavy atom. The fourth-order valence-corrected chi connectivity index (χ4v) is 2.80. The van der Waals surface area contributed by atoms with Gasteiger partial charge in [-0.05, 0) is 23.8 Å². The minimum absolute atomic E-state index is 0.540. The molecule has 4 nitrogen and oxygen atoms in total. The van der Waals surface area contributed by atoms with Crippen LogP contribution in [0, 0.1) is 0 Å². The molecule has 0 aromatic heterocycles. The Balaban J connectivity index is 2.32. The van der Waals surface area contributed by atoms with Crippen LogP contribution in [-0.2, 0) is 4.79 Å². The molecular formula is C15H15NO3S. The number of nitrogens with two attached hydrogens (primary N) is 1. The summed E-state index contributed by atoms with van der Waals surface area (Å²) >= 11 is 1.20. The van der Waals surface area contributed by atoms with Gasteiger partial charge in [-0.15, -0.1) is 11.8 Å². The summed E-state index contributed by atoms with van der Waals surface area (Å²) in [6.07, 6.45) is 0. The van der Waals surface area contributed by atoms with Crippen molar-refractivity contribution in [2.45, 2.75) is 10.1 Å². The molecule has 0 spiro atoms. The summed E-state index contributed by atoms with van der Waals surface area (Å²) in [5.74, 6) is -0.248. The predicted molar refractivity (Wildman–Crippen MR) is 80.1 cm³/mol. The molecule has 0 aliphatic rings. The van der Waals surface area contributed by atoms with Gasteiger partial charge in [-0.3, -0.25) is 4.79 Å². The zero-order valence-electron chi connectivity index (χ0n) is 10.9. The molecule has 0 saturated heterocycles. The van der Waals surface area contributed by atoms with E-state index in [1.807, 2.05) is 18.2 Å². The van der Waals surface area contributed by atoms with Crippen molar-refractivity contribution in [3.05, 3.63) is 54.1 Å². The van der Waals surface area contributed by atoms with E-state index < -0.39 is 11.2 Å². The fourth-order valence-electron chi connectivity index (χ4n) is 1.76. The van der Waals surface area contributed by atoms with Crippen LogP contribution in [0.3, 0.4) is 0 Å². The zero-order chi connectivity index (χ0) is 14.5. The molecule has 3 N–H and O–H groups in total. The molecule has 1 unspecified atom stereocenters. The second-order valence-corrected chi connectivity index (χ2v) is 5.30. The summed E-state index contributed by atoms with van der Waals surface area (Å²) in [6, 6.07) is 14.3. The number of aliphatic carboxylic acids is 1. The molecule has 2 aromatic carbocycles. The van der Waals surface area contributed by atoms with E-state index in [1.54, 1.807) is 37.4 Å². The Morgan fingerprint density at radius 1 is 1.25 bits per heavy atom. The average molecular weight is 289 g/mol. The van der Waals surface area contributed by atoms with Crippen LogP contribution in [0.1, 0.15) is 10.8 Å². The minimum Gasteiger partial charge on any atom is -0.497 e. The van der Waals surface area contributed by atoms with Crippen LogP contribution < -0.4 is 10.5 Å². The third kappa shape index (κ3) is 3.24. The van der Waals surface area contributed by atoms with Gasteiger partial charge in [-0.2, -0.15) is 0 Å². The molecule has 0 fully saturated rings. The van der Waals surface area contributed by atoms with Crippen LogP contribution in [0.2, 0.25) is 0 Å². The van der Waals surface area contributed by atoms with E-state index in [0.29, 0.717) is 16.3 Å². The number of hydrogen-bond acceptors (Lipinski definition) is 4. The molecule has 0 saturated carbocycles. The lowest BCUT2D eigenvalue weighted by molar-refractivity contribution is -0.136. The molecule has 2 rings (SSSR count). The number of anilines is 1. The smallest absolute Gasteiger partial charge is 0.321 e. The summed E-state index contributed by atoms with van der Waals surface area (Å²) in [4.78, 5) is 12.2. The topological polar surface area (TPSA) is 72.5 Å². The van der Waals surface area contributed by atoms with Gasteiger partial charge in [-0.1, -0.05) is 30.3 Å². The maximum atomic E-state index is 11.5. The van der Waals surface area contributed by atoms with Crippen molar-refractivity contribution in [1.29, 1.82) is 0 Å². The first-order valence-corrected chi connectivity index (χ1v) is 6.87. The van der Waals surface area contributed by atoms with Crippen molar-refractivity contribution in [3.8, 4) is 5.75 Å². The highest BCUT2D eigenvalue weighted by molar-refractivity contribution is 8.00. The molecule has 0 bridgehead atoms. The summed E-state index contributed by atoms with van der Waals surface area (Å²) in [6.45, 7) is 0. The number of carboxylic acids is 1. The van der Waals surface area contributed by atoms with E-state index in [1.165, 1.54) is 11.8 Å². The Hall–Kier alpha value is -2.14. The van der Waals surface area contributed by atoms with Crippen molar-refractivity contribution in [2.75, 3.05) is 12.8 Å². The number of hydrogen-bond donors (Lipinski definition) is 2. The van der Waals surface area contributed by atoms with Gasteiger partial charge in [-0.25, -0.2) is 0 Å². The standard InChI is InChI=1S/C15H15NO3S/c1-19-11-7-8-12(16)13(9-11)20-14(15(17)18)10-5-3-2-4-6-10/h2-9,14H,16H2,1H3,(H,17,18). The van der Waals surface area contributed by atoms with E-state index in [0.717, 1.165) is 5.56 Å². The fraction of sp³-hybridized carbons (Fsp3) is 0.133. The van der Waals surface area contributed by atoms with Crippen LogP contribution in [0.25, 0.3) is 0 Å². The van der Waals surface area contributed by atoms with Crippen LogP contribution in [0.4, 0.5) is 5.69 Å². The number of ether oxygens (including phenoxy) is 1. The van der Waals surface area contributed by atoms with Gasteiger partial charge in [0.25, 0.3) is 0 Å². The largest absolute Gasteiger partial charge is 0.497 e. The van der Waals surface area contributed by atoms with Gasteiger partial charge in [0.2, 0.25) is 0 Å². The predicted octanol–water partition coefficient (Wildman–Crippen LogP) is 3.20. The Kier molecular flexibility index (Phi) is 4.53. The number of carbonyl (C=O) groups is 1. The number of rotatable bonds is 5. The maximum absolute atomic E-state index is 11.5. The molecule has 104 valence electrons. The summed E-state index contributed by atoms with van der Waals surface area (Å²) in [5.41, 5.74) is 7.17. The van der Waals surface area contributed by atoms with E-state index in [-0.39, 0.29) is 0 Å². The van der Waals surface area contributed by atoms with Crippen molar-refractivity contribution >= 4 is 23.4 Å². The van der Waals surface area contributed by atoms with Crippen LogP contribution in [0.5, 0.6) is 5.75 Å². The molecule has 5 heteroatoms. The quantitative estimate of drug-likeness (QED) is 0.653. The first-order chi connectivity index (χ1) is 9.61. The normalized spacial score (nSPS) is 11.8. The molecule has 0 aliphatic heterocycles. The molecule has 2 aromatic rings. The molecular weight excluding hydrogens is 274 g/mol. The van der Waals surface area contributed by atoms with E-state index in [4.69, 9.17) is 10.5 Å². The lowest BCUT2D eigenvalue weighted by atomic mass is 10.1. The highest BCUT2D eigenvalue weighted by Crippen LogP contribution is 2.39. The van der Waals surface area contributed by atoms with Crippen LogP contribution in [0.15, 0.2) is 53.4 Å². The van der Waals surface area contributed by atoms with Gasteiger partial charge in [0.15, 0.2) is 0 Å². The highest BCUT2D eigenvalue weighted by atomic mass is 32.2. The average Bonchev–Trinajstić information content (AvgIpc) is 2.47. The number of benzene rings is 2. The number of carboxylic acid groups (broad SMARTS) is 1. The SMILES string of the molecule is COc1ccc(N)c(SC(C(=O)O)c2ccccc2)c1. The summed E-state index contributed by atoms with van der Waals surface area (Å²) in [5, 5.41) is 8.71. The van der Waals surface area contributed by atoms with Gasteiger partial charge in [0.05, 0.1) is 7.11 Å². The minimum atomic E-state index is -0.900. The van der Waals surface area contributed by atoms with E-state index in [9.17, 15) is 9.90 Å². The van der Waals surface area contributed by atoms with Crippen molar-refractivity contribution in [2.24, 2.45) is 0 Å². The lowest BCUT2D eigenvalue weighted by Crippen LogP contribution is -2.08. The summed E-state index contributed by atoms with van der Waals surface area (Å²) in [7, 11) is 1.56. The van der Waals surface area contributed by atoms with Crippen LogP contribution in [-0.4, -0.2) is 18.2 Å². The van der Waals surface area contributed by atoms with Crippen molar-refractivity contribution in [1.82, 2.24) is 0 Å². The zero-order valence-corrected chi connectivity index (χ0v) is 11.8. The second-order valence-electron chi connectivity index (χ2n) is 4.15. The Bertz CT molecular complexity index is 601. The summed E-state index contributed by atoms with van der Waals surface area (Å²) < 4.78 is 5.14. The van der Waals surface area contributed by atoms with Gasteiger partial charge < -0.3 is 15.6 Å². The highest BCUT2D eigenvalue weighted by Gasteiger charge is 2.22. The van der Waals surface area contributed by atoms with Crippen molar-refractivity contribution in [3.63, 3.8) is 0 Å². The maximum Gasteiger partial charge on any atom is 0.321 e. The van der Waals surface area contributed by atoms with Crippen LogP contribution >= 0.6 is 11.8 Å². The van der Waals surface area contributed by atoms with Gasteiger partial charge in [0, 0.05) is 10.6 Å². The molecule has 0 amide bonds. The molecule has 0 heterocycles. The number of methoxy groups -OCH3 is 1.